The van der Waals surface area contributed by atoms with Crippen molar-refractivity contribution >= 4 is 17.3 Å². The molecule has 4 rings (SSSR count). The zero-order valence-corrected chi connectivity index (χ0v) is 17.1. The van der Waals surface area contributed by atoms with Crippen LogP contribution in [0.3, 0.4) is 0 Å². The largest absolute Gasteiger partial charge is 0.369 e. The smallest absolute Gasteiger partial charge is 0.228 e. The number of piperazine rings is 1. The van der Waals surface area contributed by atoms with Crippen molar-refractivity contribution in [1.29, 1.82) is 0 Å². The molecule has 1 fully saturated rings. The Bertz CT molecular complexity index is 1010. The fourth-order valence-electron chi connectivity index (χ4n) is 3.45. The molecule has 1 aliphatic rings. The van der Waals surface area contributed by atoms with Crippen LogP contribution in [0.25, 0.3) is 11.3 Å². The van der Waals surface area contributed by atoms with E-state index in [-0.39, 0.29) is 17.3 Å². The number of halogens is 2. The lowest BCUT2D eigenvalue weighted by Crippen LogP contribution is -2.44. The van der Waals surface area contributed by atoms with Gasteiger partial charge in [-0.1, -0.05) is 6.92 Å². The van der Waals surface area contributed by atoms with E-state index in [1.54, 1.807) is 23.1 Å². The fraction of sp³-hybridized carbons (Fsp3) is 0.381. The number of benzene rings is 1. The van der Waals surface area contributed by atoms with Gasteiger partial charge in [0.25, 0.3) is 0 Å². The molecule has 0 amide bonds. The van der Waals surface area contributed by atoms with E-state index in [1.165, 1.54) is 6.07 Å². The van der Waals surface area contributed by atoms with Crippen LogP contribution in [0.1, 0.15) is 13.3 Å². The van der Waals surface area contributed by atoms with Gasteiger partial charge in [0.2, 0.25) is 5.95 Å². The zero-order chi connectivity index (χ0) is 21.1. The van der Waals surface area contributed by atoms with E-state index in [1.807, 2.05) is 13.0 Å². The van der Waals surface area contributed by atoms with Gasteiger partial charge >= 0.3 is 0 Å². The fourth-order valence-corrected chi connectivity index (χ4v) is 3.45. The minimum atomic E-state index is -0.553. The number of hydrogen-bond donors (Lipinski definition) is 1. The average Bonchev–Trinajstić information content (AvgIpc) is 3.20. The van der Waals surface area contributed by atoms with Crippen LogP contribution in [0.5, 0.6) is 0 Å². The summed E-state index contributed by atoms with van der Waals surface area (Å²) >= 11 is 0. The van der Waals surface area contributed by atoms with Crippen molar-refractivity contribution in [3.8, 4) is 11.3 Å². The Labute approximate surface area is 174 Å². The number of aromatic nitrogens is 4. The first-order chi connectivity index (χ1) is 14.5. The second-order valence-electron chi connectivity index (χ2n) is 7.46. The molecule has 0 spiro atoms. The van der Waals surface area contributed by atoms with Gasteiger partial charge in [-0.2, -0.15) is 5.10 Å². The molecule has 1 aliphatic heterocycles. The lowest BCUT2D eigenvalue weighted by molar-refractivity contribution is 0.313. The van der Waals surface area contributed by atoms with Gasteiger partial charge in [-0.05, 0) is 31.7 Å². The summed E-state index contributed by atoms with van der Waals surface area (Å²) in [6, 6.07) is 5.04. The van der Waals surface area contributed by atoms with Gasteiger partial charge in [-0.25, -0.2) is 18.7 Å². The van der Waals surface area contributed by atoms with Crippen molar-refractivity contribution in [1.82, 2.24) is 24.6 Å². The standard InChI is InChI=1S/C21H25F2N7/c1-3-6-30-14-15(12-25-30)20-18(23)13-24-21(27-20)26-19-5-4-16(11-17(19)22)29-9-7-28(2)8-10-29/h4-5,11-14H,3,6-10H2,1-2H3,(H,24,26,27). The highest BCUT2D eigenvalue weighted by molar-refractivity contribution is 5.63. The molecule has 2 aromatic heterocycles. The Morgan fingerprint density at radius 2 is 1.87 bits per heavy atom. The first-order valence-corrected chi connectivity index (χ1v) is 10.1. The van der Waals surface area contributed by atoms with Crippen molar-refractivity contribution in [2.75, 3.05) is 43.4 Å². The molecular weight excluding hydrogens is 388 g/mol. The SMILES string of the molecule is CCCn1cc(-c2nc(Nc3ccc(N4CCN(C)CC4)cc3F)ncc2F)cn1. The highest BCUT2D eigenvalue weighted by Gasteiger charge is 2.17. The molecule has 0 bridgehead atoms. The Morgan fingerprint density at radius 3 is 2.60 bits per heavy atom. The summed E-state index contributed by atoms with van der Waals surface area (Å²) in [5.41, 5.74) is 1.77. The molecule has 0 aliphatic carbocycles. The van der Waals surface area contributed by atoms with Gasteiger partial charge in [0, 0.05) is 50.2 Å². The molecule has 0 saturated carbocycles. The molecular formula is C21H25F2N7. The van der Waals surface area contributed by atoms with Crippen LogP contribution in [0.4, 0.5) is 26.1 Å². The molecule has 1 saturated heterocycles. The second-order valence-corrected chi connectivity index (χ2v) is 7.46. The van der Waals surface area contributed by atoms with Crippen molar-refractivity contribution in [3.05, 3.63) is 48.4 Å². The third-order valence-corrected chi connectivity index (χ3v) is 5.17. The Hall–Kier alpha value is -3.07. The molecule has 0 atom stereocenters. The predicted molar refractivity (Wildman–Crippen MR) is 113 cm³/mol. The minimum absolute atomic E-state index is 0.126. The number of hydrogen-bond acceptors (Lipinski definition) is 6. The molecule has 0 unspecified atom stereocenters. The molecule has 1 N–H and O–H groups in total. The van der Waals surface area contributed by atoms with Crippen LogP contribution < -0.4 is 10.2 Å². The monoisotopic (exact) mass is 413 g/mol. The van der Waals surface area contributed by atoms with Gasteiger partial charge in [-0.3, -0.25) is 4.68 Å². The topological polar surface area (TPSA) is 62.1 Å². The van der Waals surface area contributed by atoms with E-state index >= 15 is 0 Å². The van der Waals surface area contributed by atoms with Crippen LogP contribution >= 0.6 is 0 Å². The Balaban J connectivity index is 1.52. The quantitative estimate of drug-likeness (QED) is 0.667. The Morgan fingerprint density at radius 1 is 1.07 bits per heavy atom. The second kappa shape index (κ2) is 8.74. The summed E-state index contributed by atoms with van der Waals surface area (Å²) in [4.78, 5) is 12.6. The van der Waals surface area contributed by atoms with Gasteiger partial charge < -0.3 is 15.1 Å². The van der Waals surface area contributed by atoms with Gasteiger partial charge in [0.05, 0.1) is 18.1 Å². The number of rotatable bonds is 6. The summed E-state index contributed by atoms with van der Waals surface area (Å²) in [5.74, 6) is -0.833. The van der Waals surface area contributed by atoms with Crippen LogP contribution in [-0.4, -0.2) is 57.9 Å². The molecule has 0 radical (unpaired) electrons. The van der Waals surface area contributed by atoms with Crippen molar-refractivity contribution < 1.29 is 8.78 Å². The van der Waals surface area contributed by atoms with Crippen molar-refractivity contribution in [3.63, 3.8) is 0 Å². The number of nitrogens with zero attached hydrogens (tertiary/aromatic N) is 6. The maximum Gasteiger partial charge on any atom is 0.228 e. The zero-order valence-electron chi connectivity index (χ0n) is 17.1. The van der Waals surface area contributed by atoms with Crippen molar-refractivity contribution in [2.24, 2.45) is 0 Å². The van der Waals surface area contributed by atoms with E-state index in [0.717, 1.165) is 51.0 Å². The number of aryl methyl sites for hydroxylation is 1. The summed E-state index contributed by atoms with van der Waals surface area (Å²) in [6.07, 6.45) is 5.31. The molecule has 3 aromatic rings. The maximum atomic E-state index is 14.7. The summed E-state index contributed by atoms with van der Waals surface area (Å²) in [7, 11) is 2.08. The van der Waals surface area contributed by atoms with E-state index < -0.39 is 11.6 Å². The summed E-state index contributed by atoms with van der Waals surface area (Å²) in [5, 5.41) is 7.07. The first-order valence-electron chi connectivity index (χ1n) is 10.1. The molecule has 158 valence electrons. The molecule has 7 nitrogen and oxygen atoms in total. The average molecular weight is 413 g/mol. The normalized spacial score (nSPS) is 14.9. The minimum Gasteiger partial charge on any atom is -0.369 e. The molecule has 30 heavy (non-hydrogen) atoms. The number of anilines is 3. The predicted octanol–water partition coefficient (Wildman–Crippen LogP) is 3.52. The highest BCUT2D eigenvalue weighted by Crippen LogP contribution is 2.26. The van der Waals surface area contributed by atoms with Gasteiger partial charge in [-0.15, -0.1) is 0 Å². The van der Waals surface area contributed by atoms with Crippen LogP contribution in [0.15, 0.2) is 36.8 Å². The molecule has 3 heterocycles. The van der Waals surface area contributed by atoms with E-state index in [2.05, 4.69) is 37.2 Å². The molecule has 9 heteroatoms. The number of nitrogens with one attached hydrogen (secondary N) is 1. The maximum absolute atomic E-state index is 14.7. The third kappa shape index (κ3) is 4.40. The summed E-state index contributed by atoms with van der Waals surface area (Å²) in [6.45, 7) is 6.39. The van der Waals surface area contributed by atoms with Gasteiger partial charge in [0.1, 0.15) is 11.5 Å². The lowest BCUT2D eigenvalue weighted by atomic mass is 10.2. The number of likely N-dealkylation sites (N-methyl/N-ethyl adjacent to an activating group) is 1. The van der Waals surface area contributed by atoms with E-state index in [9.17, 15) is 8.78 Å². The van der Waals surface area contributed by atoms with Crippen LogP contribution in [0.2, 0.25) is 0 Å². The lowest BCUT2D eigenvalue weighted by Gasteiger charge is -2.34. The van der Waals surface area contributed by atoms with Crippen LogP contribution in [-0.2, 0) is 6.54 Å². The van der Waals surface area contributed by atoms with Crippen LogP contribution in [0, 0.1) is 11.6 Å². The third-order valence-electron chi connectivity index (χ3n) is 5.17. The first kappa shape index (κ1) is 20.2. The molecule has 1 aromatic carbocycles. The van der Waals surface area contributed by atoms with E-state index in [4.69, 9.17) is 0 Å². The van der Waals surface area contributed by atoms with Gasteiger partial charge in [0.15, 0.2) is 5.82 Å². The summed E-state index contributed by atoms with van der Waals surface area (Å²) < 4.78 is 30.7. The highest BCUT2D eigenvalue weighted by atomic mass is 19.1. The van der Waals surface area contributed by atoms with Crippen molar-refractivity contribution in [2.45, 2.75) is 19.9 Å². The van der Waals surface area contributed by atoms with E-state index in [0.29, 0.717) is 5.56 Å². The Kier molecular flexibility index (Phi) is 5.89.